The van der Waals surface area contributed by atoms with Gasteiger partial charge in [0.2, 0.25) is 0 Å². The number of carbonyl (C=O) groups excluding carboxylic acids is 1. The average molecular weight is 446 g/mol. The van der Waals surface area contributed by atoms with E-state index in [9.17, 15) is 4.79 Å². The molecule has 2 aromatic carbocycles. The molecule has 144 valence electrons. The molecule has 3 rings (SSSR count). The highest BCUT2D eigenvalue weighted by atomic mass is 35.5. The van der Waals surface area contributed by atoms with Gasteiger partial charge in [-0.25, -0.2) is 0 Å². The number of hydrogen-bond acceptors (Lipinski definition) is 4. The maximum absolute atomic E-state index is 12.3. The molecule has 0 bridgehead atoms. The number of nitrogens with zero attached hydrogens (tertiary/aromatic N) is 1. The summed E-state index contributed by atoms with van der Waals surface area (Å²) in [5.41, 5.74) is 1.88. The van der Waals surface area contributed by atoms with E-state index < -0.39 is 0 Å². The third-order valence-corrected chi connectivity index (χ3v) is 6.08. The van der Waals surface area contributed by atoms with Crippen LogP contribution >= 0.6 is 46.6 Å². The lowest BCUT2D eigenvalue weighted by Crippen LogP contribution is -2.32. The molecule has 0 aromatic heterocycles. The molecule has 1 amide bonds. The summed E-state index contributed by atoms with van der Waals surface area (Å²) in [4.78, 5) is 14.7. The molecule has 1 aliphatic rings. The summed E-state index contributed by atoms with van der Waals surface area (Å²) in [7, 11) is 0. The van der Waals surface area contributed by atoms with Gasteiger partial charge in [-0.3, -0.25) is 9.69 Å². The molecule has 0 spiro atoms. The van der Waals surface area contributed by atoms with E-state index in [1.165, 1.54) is 12.1 Å². The topological polar surface area (TPSA) is 41.6 Å². The summed E-state index contributed by atoms with van der Waals surface area (Å²) in [5.74, 6) is 2.35. The first kappa shape index (κ1) is 20.6. The minimum absolute atomic E-state index is 0.174. The number of carbonyl (C=O) groups is 1. The molecule has 1 fully saturated rings. The Balaban J connectivity index is 1.60. The Kier molecular flexibility index (Phi) is 7.56. The summed E-state index contributed by atoms with van der Waals surface area (Å²) in [6, 6.07) is 10.8. The predicted octanol–water partition coefficient (Wildman–Crippen LogP) is 5.21. The molecule has 0 aliphatic carbocycles. The molecular weight excluding hydrogens is 427 g/mol. The van der Waals surface area contributed by atoms with Crippen LogP contribution in [0.4, 0.5) is 5.69 Å². The lowest BCUT2D eigenvalue weighted by molar-refractivity contribution is -0.118. The number of anilines is 1. The Labute approximate surface area is 178 Å². The number of hydrogen-bond donors (Lipinski definition) is 1. The van der Waals surface area contributed by atoms with Crippen molar-refractivity contribution >= 4 is 58.2 Å². The largest absolute Gasteiger partial charge is 0.482 e. The summed E-state index contributed by atoms with van der Waals surface area (Å²) in [6.07, 6.45) is 0. The zero-order valence-electron chi connectivity index (χ0n) is 14.5. The Morgan fingerprint density at radius 2 is 1.78 bits per heavy atom. The molecule has 8 heteroatoms. The molecule has 1 N–H and O–H groups in total. The molecule has 4 nitrogen and oxygen atoms in total. The van der Waals surface area contributed by atoms with Crippen molar-refractivity contribution in [2.45, 2.75) is 6.54 Å². The fraction of sp³-hybridized carbons (Fsp3) is 0.316. The highest BCUT2D eigenvalue weighted by Crippen LogP contribution is 2.33. The van der Waals surface area contributed by atoms with Crippen LogP contribution in [0.1, 0.15) is 5.56 Å². The van der Waals surface area contributed by atoms with Gasteiger partial charge in [-0.05, 0) is 17.7 Å². The van der Waals surface area contributed by atoms with E-state index in [1.54, 1.807) is 0 Å². The van der Waals surface area contributed by atoms with Crippen LogP contribution in [0.2, 0.25) is 15.1 Å². The number of ether oxygens (including phenoxy) is 1. The van der Waals surface area contributed by atoms with Gasteiger partial charge in [0.15, 0.2) is 6.61 Å². The van der Waals surface area contributed by atoms with Gasteiger partial charge >= 0.3 is 0 Å². The van der Waals surface area contributed by atoms with Crippen LogP contribution in [0, 0.1) is 0 Å². The Morgan fingerprint density at radius 3 is 2.56 bits per heavy atom. The molecule has 1 heterocycles. The van der Waals surface area contributed by atoms with E-state index in [1.807, 2.05) is 36.0 Å². The van der Waals surface area contributed by atoms with Gasteiger partial charge in [-0.1, -0.05) is 53.0 Å². The third-order valence-electron chi connectivity index (χ3n) is 4.12. The molecule has 0 unspecified atom stereocenters. The van der Waals surface area contributed by atoms with Crippen molar-refractivity contribution in [2.75, 3.05) is 36.5 Å². The van der Waals surface area contributed by atoms with E-state index in [0.29, 0.717) is 20.8 Å². The number of amides is 1. The summed E-state index contributed by atoms with van der Waals surface area (Å²) < 4.78 is 5.50. The maximum atomic E-state index is 12.3. The van der Waals surface area contributed by atoms with Crippen molar-refractivity contribution in [1.29, 1.82) is 0 Å². The van der Waals surface area contributed by atoms with E-state index in [4.69, 9.17) is 39.5 Å². The second-order valence-electron chi connectivity index (χ2n) is 6.08. The molecule has 1 aliphatic heterocycles. The van der Waals surface area contributed by atoms with Gasteiger partial charge in [-0.15, -0.1) is 0 Å². The van der Waals surface area contributed by atoms with Gasteiger partial charge in [0, 0.05) is 42.9 Å². The summed E-state index contributed by atoms with van der Waals surface area (Å²) in [5, 5.41) is 3.88. The molecule has 2 aromatic rings. The van der Waals surface area contributed by atoms with Crippen molar-refractivity contribution in [3.05, 3.63) is 57.0 Å². The van der Waals surface area contributed by atoms with E-state index in [2.05, 4.69) is 10.2 Å². The van der Waals surface area contributed by atoms with Crippen molar-refractivity contribution in [1.82, 2.24) is 4.90 Å². The first-order chi connectivity index (χ1) is 13.0. The van der Waals surface area contributed by atoms with E-state index in [-0.39, 0.29) is 12.5 Å². The summed E-state index contributed by atoms with van der Waals surface area (Å²) in [6.45, 7) is 2.76. The van der Waals surface area contributed by atoms with Crippen LogP contribution in [-0.4, -0.2) is 42.0 Å². The van der Waals surface area contributed by atoms with Crippen molar-refractivity contribution < 1.29 is 9.53 Å². The normalized spacial score (nSPS) is 14.8. The zero-order chi connectivity index (χ0) is 19.2. The van der Waals surface area contributed by atoms with Crippen molar-refractivity contribution in [2.24, 2.45) is 0 Å². The number of para-hydroxylation sites is 1. The second-order valence-corrected chi connectivity index (χ2v) is 8.53. The molecular formula is C19H19Cl3N2O2S. The molecule has 1 saturated heterocycles. The van der Waals surface area contributed by atoms with Crippen LogP contribution in [0.5, 0.6) is 5.75 Å². The SMILES string of the molecule is O=C(COc1cc(Cl)c(Cl)cc1Cl)Nc1ccccc1CN1CCSCC1. The first-order valence-electron chi connectivity index (χ1n) is 8.48. The van der Waals surface area contributed by atoms with Crippen LogP contribution in [0.3, 0.4) is 0 Å². The second kappa shape index (κ2) is 9.89. The number of nitrogens with one attached hydrogen (secondary N) is 1. The van der Waals surface area contributed by atoms with Crippen LogP contribution < -0.4 is 10.1 Å². The zero-order valence-corrected chi connectivity index (χ0v) is 17.6. The van der Waals surface area contributed by atoms with Gasteiger partial charge in [-0.2, -0.15) is 11.8 Å². The molecule has 0 saturated carbocycles. The number of rotatable bonds is 6. The lowest BCUT2D eigenvalue weighted by Gasteiger charge is -2.27. The Morgan fingerprint density at radius 1 is 1.07 bits per heavy atom. The smallest absolute Gasteiger partial charge is 0.262 e. The average Bonchev–Trinajstić information content (AvgIpc) is 2.66. The Hall–Kier alpha value is -1.11. The van der Waals surface area contributed by atoms with Gasteiger partial charge in [0.25, 0.3) is 5.91 Å². The quantitative estimate of drug-likeness (QED) is 0.620. The fourth-order valence-electron chi connectivity index (χ4n) is 2.72. The van der Waals surface area contributed by atoms with Gasteiger partial charge in [0.05, 0.1) is 15.1 Å². The van der Waals surface area contributed by atoms with Crippen molar-refractivity contribution in [3.63, 3.8) is 0 Å². The lowest BCUT2D eigenvalue weighted by atomic mass is 10.1. The fourth-order valence-corrected chi connectivity index (χ4v) is 4.29. The minimum atomic E-state index is -0.265. The highest BCUT2D eigenvalue weighted by molar-refractivity contribution is 7.99. The minimum Gasteiger partial charge on any atom is -0.482 e. The number of halogens is 3. The molecule has 27 heavy (non-hydrogen) atoms. The van der Waals surface area contributed by atoms with Gasteiger partial charge in [0.1, 0.15) is 5.75 Å². The van der Waals surface area contributed by atoms with E-state index in [0.717, 1.165) is 42.4 Å². The maximum Gasteiger partial charge on any atom is 0.262 e. The monoisotopic (exact) mass is 444 g/mol. The first-order valence-corrected chi connectivity index (χ1v) is 10.8. The highest BCUT2D eigenvalue weighted by Gasteiger charge is 2.14. The van der Waals surface area contributed by atoms with Crippen molar-refractivity contribution in [3.8, 4) is 5.75 Å². The van der Waals surface area contributed by atoms with E-state index >= 15 is 0 Å². The van der Waals surface area contributed by atoms with Gasteiger partial charge < -0.3 is 10.1 Å². The molecule has 0 atom stereocenters. The Bertz CT molecular complexity index is 814. The predicted molar refractivity (Wildman–Crippen MR) is 115 cm³/mol. The standard InChI is InChI=1S/C19H19Cl3N2O2S/c20-14-9-16(22)18(10-15(14)21)26-12-19(25)23-17-4-2-1-3-13(17)11-24-5-7-27-8-6-24/h1-4,9-10H,5-8,11-12H2,(H,23,25). The van der Waals surface area contributed by atoms with Crippen LogP contribution in [-0.2, 0) is 11.3 Å². The molecule has 0 radical (unpaired) electrons. The summed E-state index contributed by atoms with van der Waals surface area (Å²) >= 11 is 19.9. The van der Waals surface area contributed by atoms with Crippen LogP contribution in [0.15, 0.2) is 36.4 Å². The van der Waals surface area contributed by atoms with Crippen LogP contribution in [0.25, 0.3) is 0 Å². The third kappa shape index (κ3) is 5.93. The number of thioether (sulfide) groups is 1. The number of benzene rings is 2.